The van der Waals surface area contributed by atoms with Crippen molar-refractivity contribution in [1.29, 1.82) is 0 Å². The third-order valence-corrected chi connectivity index (χ3v) is 2.74. The predicted octanol–water partition coefficient (Wildman–Crippen LogP) is 3.78. The van der Waals surface area contributed by atoms with Gasteiger partial charge in [0.05, 0.1) is 0 Å². The normalized spacial score (nSPS) is 12.1. The maximum absolute atomic E-state index is 13.8. The second kappa shape index (κ2) is 6.39. The quantitative estimate of drug-likeness (QED) is 0.889. The number of carbonyl (C=O) groups excluding carboxylic acids is 1. The standard InChI is InChI=1S/C15H22F2N2O2/c1-10-9-11(15(16,17)7-8-18)5-6-12(10)19-13(20)21-14(2,3)4/h5-6,9H,7-8,18H2,1-4H3,(H,19,20). The average Bonchev–Trinajstić information content (AvgIpc) is 2.29. The number of nitrogens with two attached hydrogens (primary N) is 1. The van der Waals surface area contributed by atoms with Gasteiger partial charge in [0, 0.05) is 17.7 Å². The van der Waals surface area contributed by atoms with Crippen molar-refractivity contribution in [2.75, 3.05) is 11.9 Å². The lowest BCUT2D eigenvalue weighted by atomic mass is 10.0. The van der Waals surface area contributed by atoms with Crippen molar-refractivity contribution in [3.05, 3.63) is 29.3 Å². The van der Waals surface area contributed by atoms with E-state index in [9.17, 15) is 13.6 Å². The molecule has 6 heteroatoms. The van der Waals surface area contributed by atoms with Crippen LogP contribution in [0.1, 0.15) is 38.3 Å². The number of halogens is 2. The molecule has 0 saturated carbocycles. The first-order valence-corrected chi connectivity index (χ1v) is 6.74. The van der Waals surface area contributed by atoms with Crippen molar-refractivity contribution in [3.8, 4) is 0 Å². The Morgan fingerprint density at radius 3 is 2.43 bits per heavy atom. The van der Waals surface area contributed by atoms with E-state index < -0.39 is 24.0 Å². The monoisotopic (exact) mass is 300 g/mol. The second-order valence-electron chi connectivity index (χ2n) is 5.90. The Labute approximate surface area is 123 Å². The molecule has 0 radical (unpaired) electrons. The van der Waals surface area contributed by atoms with Crippen molar-refractivity contribution >= 4 is 11.8 Å². The number of amides is 1. The summed E-state index contributed by atoms with van der Waals surface area (Å²) in [4.78, 5) is 11.7. The number of benzene rings is 1. The lowest BCUT2D eigenvalue weighted by Gasteiger charge is -2.21. The molecule has 0 saturated heterocycles. The van der Waals surface area contributed by atoms with E-state index in [1.807, 2.05) is 0 Å². The minimum Gasteiger partial charge on any atom is -0.444 e. The Kier molecular flexibility index (Phi) is 5.28. The van der Waals surface area contributed by atoms with Gasteiger partial charge >= 0.3 is 6.09 Å². The van der Waals surface area contributed by atoms with Crippen LogP contribution in [0.2, 0.25) is 0 Å². The Morgan fingerprint density at radius 2 is 1.95 bits per heavy atom. The summed E-state index contributed by atoms with van der Waals surface area (Å²) >= 11 is 0. The molecule has 1 amide bonds. The highest BCUT2D eigenvalue weighted by Gasteiger charge is 2.30. The molecule has 0 aromatic heterocycles. The summed E-state index contributed by atoms with van der Waals surface area (Å²) < 4.78 is 32.6. The Bertz CT molecular complexity index is 511. The molecule has 4 nitrogen and oxygen atoms in total. The molecule has 0 bridgehead atoms. The number of aryl methyl sites for hydroxylation is 1. The van der Waals surface area contributed by atoms with Crippen molar-refractivity contribution < 1.29 is 18.3 Å². The van der Waals surface area contributed by atoms with Gasteiger partial charge in [0.15, 0.2) is 0 Å². The molecule has 3 N–H and O–H groups in total. The summed E-state index contributed by atoms with van der Waals surface area (Å²) in [6.45, 7) is 6.79. The van der Waals surface area contributed by atoms with Crippen LogP contribution in [0.15, 0.2) is 18.2 Å². The smallest absolute Gasteiger partial charge is 0.412 e. The maximum atomic E-state index is 13.8. The zero-order chi connectivity index (χ0) is 16.3. The second-order valence-corrected chi connectivity index (χ2v) is 5.90. The zero-order valence-electron chi connectivity index (χ0n) is 12.8. The third-order valence-electron chi connectivity index (χ3n) is 2.74. The number of ether oxygens (including phenoxy) is 1. The summed E-state index contributed by atoms with van der Waals surface area (Å²) in [5.41, 5.74) is 5.44. The first kappa shape index (κ1) is 17.4. The molecule has 0 aliphatic rings. The molecule has 21 heavy (non-hydrogen) atoms. The molecule has 0 atom stereocenters. The van der Waals surface area contributed by atoms with E-state index in [2.05, 4.69) is 5.32 Å². The van der Waals surface area contributed by atoms with Crippen LogP contribution in [-0.4, -0.2) is 18.2 Å². The molecule has 0 unspecified atom stereocenters. The largest absolute Gasteiger partial charge is 0.444 e. The van der Waals surface area contributed by atoms with Gasteiger partial charge in [-0.05, 0) is 51.9 Å². The van der Waals surface area contributed by atoms with E-state index in [1.165, 1.54) is 18.2 Å². The molecular weight excluding hydrogens is 278 g/mol. The number of hydrogen-bond donors (Lipinski definition) is 2. The van der Waals surface area contributed by atoms with Gasteiger partial charge in [0.2, 0.25) is 0 Å². The highest BCUT2D eigenvalue weighted by atomic mass is 19.3. The molecule has 1 aromatic carbocycles. The van der Waals surface area contributed by atoms with Gasteiger partial charge in [-0.3, -0.25) is 5.32 Å². The van der Waals surface area contributed by atoms with Crippen LogP contribution in [0.25, 0.3) is 0 Å². The van der Waals surface area contributed by atoms with Crippen LogP contribution >= 0.6 is 0 Å². The minimum absolute atomic E-state index is 0.0933. The van der Waals surface area contributed by atoms with Gasteiger partial charge in [-0.2, -0.15) is 0 Å². The number of hydrogen-bond acceptors (Lipinski definition) is 3. The summed E-state index contributed by atoms with van der Waals surface area (Å²) in [6.07, 6.45) is -1.03. The maximum Gasteiger partial charge on any atom is 0.412 e. The van der Waals surface area contributed by atoms with E-state index >= 15 is 0 Å². The van der Waals surface area contributed by atoms with Gasteiger partial charge in [0.1, 0.15) is 5.60 Å². The fourth-order valence-corrected chi connectivity index (χ4v) is 1.77. The van der Waals surface area contributed by atoms with E-state index in [0.29, 0.717) is 11.3 Å². The van der Waals surface area contributed by atoms with E-state index in [4.69, 9.17) is 10.5 Å². The number of nitrogens with one attached hydrogen (secondary N) is 1. The van der Waals surface area contributed by atoms with Crippen LogP contribution in [0.4, 0.5) is 19.3 Å². The SMILES string of the molecule is Cc1cc(C(F)(F)CCN)ccc1NC(=O)OC(C)(C)C. The van der Waals surface area contributed by atoms with E-state index in [0.717, 1.165) is 0 Å². The van der Waals surface area contributed by atoms with Gasteiger partial charge in [0.25, 0.3) is 5.92 Å². The van der Waals surface area contributed by atoms with Crippen molar-refractivity contribution in [1.82, 2.24) is 0 Å². The average molecular weight is 300 g/mol. The van der Waals surface area contributed by atoms with E-state index in [1.54, 1.807) is 27.7 Å². The highest BCUT2D eigenvalue weighted by Crippen LogP contribution is 2.33. The van der Waals surface area contributed by atoms with Gasteiger partial charge in [-0.25, -0.2) is 13.6 Å². The topological polar surface area (TPSA) is 64.3 Å². The Morgan fingerprint density at radius 1 is 1.33 bits per heavy atom. The summed E-state index contributed by atoms with van der Waals surface area (Å²) in [5.74, 6) is -2.97. The lowest BCUT2D eigenvalue weighted by molar-refractivity contribution is -0.0107. The molecule has 1 aromatic rings. The zero-order valence-corrected chi connectivity index (χ0v) is 12.8. The molecule has 0 fully saturated rings. The molecule has 1 rings (SSSR count). The van der Waals surface area contributed by atoms with Gasteiger partial charge in [-0.15, -0.1) is 0 Å². The molecule has 0 aliphatic heterocycles. The van der Waals surface area contributed by atoms with Gasteiger partial charge in [-0.1, -0.05) is 6.07 Å². The van der Waals surface area contributed by atoms with Crippen LogP contribution in [0.5, 0.6) is 0 Å². The first-order chi connectivity index (χ1) is 9.55. The Balaban J connectivity index is 2.86. The number of carbonyl (C=O) groups is 1. The predicted molar refractivity (Wildman–Crippen MR) is 78.6 cm³/mol. The van der Waals surface area contributed by atoms with Gasteiger partial charge < -0.3 is 10.5 Å². The number of anilines is 1. The van der Waals surface area contributed by atoms with Crippen LogP contribution in [0, 0.1) is 6.92 Å². The van der Waals surface area contributed by atoms with Crippen LogP contribution in [-0.2, 0) is 10.7 Å². The molecule has 0 heterocycles. The fourth-order valence-electron chi connectivity index (χ4n) is 1.77. The van der Waals surface area contributed by atoms with Crippen molar-refractivity contribution in [2.24, 2.45) is 5.73 Å². The van der Waals surface area contributed by atoms with Crippen LogP contribution < -0.4 is 11.1 Å². The fraction of sp³-hybridized carbons (Fsp3) is 0.533. The molecule has 118 valence electrons. The minimum atomic E-state index is -2.97. The van der Waals surface area contributed by atoms with Crippen LogP contribution in [0.3, 0.4) is 0 Å². The number of rotatable bonds is 4. The van der Waals surface area contributed by atoms with E-state index in [-0.39, 0.29) is 12.1 Å². The third kappa shape index (κ3) is 5.30. The van der Waals surface area contributed by atoms with Crippen molar-refractivity contribution in [2.45, 2.75) is 45.6 Å². The molecular formula is C15H22F2N2O2. The summed E-state index contributed by atoms with van der Waals surface area (Å²) in [5, 5.41) is 2.55. The summed E-state index contributed by atoms with van der Waals surface area (Å²) in [6, 6.07) is 4.08. The molecule has 0 aliphatic carbocycles. The first-order valence-electron chi connectivity index (χ1n) is 6.74. The lowest BCUT2D eigenvalue weighted by Crippen LogP contribution is -2.27. The van der Waals surface area contributed by atoms with Crippen molar-refractivity contribution in [3.63, 3.8) is 0 Å². The summed E-state index contributed by atoms with van der Waals surface area (Å²) in [7, 11) is 0. The number of alkyl halides is 2. The molecule has 0 spiro atoms. The highest BCUT2D eigenvalue weighted by molar-refractivity contribution is 5.85. The Hall–Kier alpha value is -1.69.